The SMILES string of the molecule is NC(=O)c1cc(-c2ccccc2)sc1NC(=O)c1cccc(N2C(=O)CCC2=O)c1. The Morgan fingerprint density at radius 2 is 1.63 bits per heavy atom. The normalized spacial score (nSPS) is 13.5. The molecule has 3 aromatic rings. The van der Waals surface area contributed by atoms with E-state index in [0.717, 1.165) is 15.3 Å². The van der Waals surface area contributed by atoms with E-state index in [9.17, 15) is 19.2 Å². The summed E-state index contributed by atoms with van der Waals surface area (Å²) in [5.41, 5.74) is 7.21. The third-order valence-electron chi connectivity index (χ3n) is 4.70. The number of imide groups is 1. The standard InChI is InChI=1S/C22H17N3O4S/c23-20(28)16-12-17(13-5-2-1-3-6-13)30-22(16)24-21(29)14-7-4-8-15(11-14)25-18(26)9-10-19(25)27/h1-8,11-12H,9-10H2,(H2,23,28)(H,24,29). The molecule has 1 saturated heterocycles. The highest BCUT2D eigenvalue weighted by Crippen LogP contribution is 2.35. The molecule has 1 aliphatic rings. The maximum Gasteiger partial charge on any atom is 0.256 e. The average molecular weight is 419 g/mol. The lowest BCUT2D eigenvalue weighted by atomic mass is 10.1. The topological polar surface area (TPSA) is 110 Å². The van der Waals surface area contributed by atoms with E-state index >= 15 is 0 Å². The van der Waals surface area contributed by atoms with Gasteiger partial charge in [0.25, 0.3) is 11.8 Å². The minimum atomic E-state index is -0.647. The number of nitrogens with two attached hydrogens (primary N) is 1. The van der Waals surface area contributed by atoms with Gasteiger partial charge >= 0.3 is 0 Å². The van der Waals surface area contributed by atoms with Gasteiger partial charge in [-0.05, 0) is 29.8 Å². The first-order valence-corrected chi connectivity index (χ1v) is 10.0. The molecule has 0 aliphatic carbocycles. The summed E-state index contributed by atoms with van der Waals surface area (Å²) in [6.45, 7) is 0. The Morgan fingerprint density at radius 3 is 2.30 bits per heavy atom. The van der Waals surface area contributed by atoms with E-state index in [1.54, 1.807) is 24.3 Å². The number of carbonyl (C=O) groups is 4. The van der Waals surface area contributed by atoms with Crippen LogP contribution in [0.3, 0.4) is 0 Å². The van der Waals surface area contributed by atoms with Gasteiger partial charge in [-0.15, -0.1) is 11.3 Å². The van der Waals surface area contributed by atoms with E-state index in [-0.39, 0.29) is 35.8 Å². The Balaban J connectivity index is 1.62. The molecule has 0 spiro atoms. The zero-order valence-electron chi connectivity index (χ0n) is 15.8. The fraction of sp³-hybridized carbons (Fsp3) is 0.0909. The number of thiophene rings is 1. The Hall–Kier alpha value is -3.78. The first kappa shape index (κ1) is 19.5. The van der Waals surface area contributed by atoms with E-state index in [1.807, 2.05) is 30.3 Å². The van der Waals surface area contributed by atoms with Gasteiger partial charge in [-0.1, -0.05) is 36.4 Å². The van der Waals surface area contributed by atoms with Crippen molar-refractivity contribution in [3.8, 4) is 10.4 Å². The molecular formula is C22H17N3O4S. The summed E-state index contributed by atoms with van der Waals surface area (Å²) in [5.74, 6) is -1.70. The van der Waals surface area contributed by atoms with Gasteiger partial charge in [-0.2, -0.15) is 0 Å². The van der Waals surface area contributed by atoms with E-state index < -0.39 is 11.8 Å². The van der Waals surface area contributed by atoms with E-state index in [1.165, 1.54) is 17.4 Å². The van der Waals surface area contributed by atoms with Crippen molar-refractivity contribution in [2.24, 2.45) is 5.73 Å². The molecular weight excluding hydrogens is 402 g/mol. The molecule has 7 nitrogen and oxygen atoms in total. The van der Waals surface area contributed by atoms with Crippen LogP contribution in [0.4, 0.5) is 10.7 Å². The monoisotopic (exact) mass is 419 g/mol. The zero-order chi connectivity index (χ0) is 21.3. The third kappa shape index (κ3) is 3.72. The fourth-order valence-electron chi connectivity index (χ4n) is 3.24. The van der Waals surface area contributed by atoms with Crippen molar-refractivity contribution in [2.75, 3.05) is 10.2 Å². The lowest BCUT2D eigenvalue weighted by Crippen LogP contribution is -2.28. The Labute approximate surface area is 176 Å². The lowest BCUT2D eigenvalue weighted by Gasteiger charge is -2.14. The second-order valence-electron chi connectivity index (χ2n) is 6.71. The van der Waals surface area contributed by atoms with E-state index in [0.29, 0.717) is 10.7 Å². The number of nitrogens with zero attached hydrogens (tertiary/aromatic N) is 1. The van der Waals surface area contributed by atoms with Crippen molar-refractivity contribution < 1.29 is 19.2 Å². The van der Waals surface area contributed by atoms with Gasteiger partial charge < -0.3 is 11.1 Å². The second kappa shape index (κ2) is 7.92. The van der Waals surface area contributed by atoms with Crippen LogP contribution in [-0.2, 0) is 9.59 Å². The van der Waals surface area contributed by atoms with Crippen molar-refractivity contribution in [1.29, 1.82) is 0 Å². The molecule has 30 heavy (non-hydrogen) atoms. The molecule has 2 heterocycles. The van der Waals surface area contributed by atoms with Crippen molar-refractivity contribution in [3.05, 3.63) is 71.8 Å². The molecule has 1 aliphatic heterocycles. The van der Waals surface area contributed by atoms with Crippen molar-refractivity contribution in [3.63, 3.8) is 0 Å². The van der Waals surface area contributed by atoms with Crippen LogP contribution >= 0.6 is 11.3 Å². The quantitative estimate of drug-likeness (QED) is 0.618. The highest BCUT2D eigenvalue weighted by atomic mass is 32.1. The van der Waals surface area contributed by atoms with Gasteiger partial charge in [0.05, 0.1) is 11.3 Å². The number of anilines is 2. The molecule has 150 valence electrons. The minimum Gasteiger partial charge on any atom is -0.366 e. The van der Waals surface area contributed by atoms with Crippen LogP contribution in [-0.4, -0.2) is 23.6 Å². The summed E-state index contributed by atoms with van der Waals surface area (Å²) in [6.07, 6.45) is 0.323. The molecule has 1 aromatic heterocycles. The zero-order valence-corrected chi connectivity index (χ0v) is 16.6. The lowest BCUT2D eigenvalue weighted by molar-refractivity contribution is -0.121. The molecule has 0 radical (unpaired) electrons. The summed E-state index contributed by atoms with van der Waals surface area (Å²) in [4.78, 5) is 50.5. The smallest absolute Gasteiger partial charge is 0.256 e. The molecule has 4 rings (SSSR count). The first-order valence-electron chi connectivity index (χ1n) is 9.20. The number of amides is 4. The summed E-state index contributed by atoms with van der Waals surface area (Å²) < 4.78 is 0. The van der Waals surface area contributed by atoms with E-state index in [2.05, 4.69) is 5.32 Å². The number of hydrogen-bond donors (Lipinski definition) is 2. The molecule has 1 fully saturated rings. The highest BCUT2D eigenvalue weighted by molar-refractivity contribution is 7.20. The minimum absolute atomic E-state index is 0.161. The van der Waals surface area contributed by atoms with E-state index in [4.69, 9.17) is 5.73 Å². The number of carbonyl (C=O) groups excluding carboxylic acids is 4. The number of benzene rings is 2. The molecule has 0 bridgehead atoms. The summed E-state index contributed by atoms with van der Waals surface area (Å²) in [7, 11) is 0. The number of rotatable bonds is 5. The van der Waals surface area contributed by atoms with Crippen molar-refractivity contribution in [2.45, 2.75) is 12.8 Å². The second-order valence-corrected chi connectivity index (χ2v) is 7.76. The van der Waals surface area contributed by atoms with Gasteiger partial charge in [0, 0.05) is 23.3 Å². The molecule has 4 amide bonds. The van der Waals surface area contributed by atoms with Crippen LogP contribution in [0.2, 0.25) is 0 Å². The number of hydrogen-bond acceptors (Lipinski definition) is 5. The summed E-state index contributed by atoms with van der Waals surface area (Å²) >= 11 is 1.24. The van der Waals surface area contributed by atoms with Gasteiger partial charge in [-0.3, -0.25) is 24.1 Å². The maximum atomic E-state index is 12.8. The van der Waals surface area contributed by atoms with Crippen molar-refractivity contribution >= 4 is 45.7 Å². The Bertz CT molecular complexity index is 1150. The molecule has 0 unspecified atom stereocenters. The fourth-order valence-corrected chi connectivity index (χ4v) is 4.30. The predicted octanol–water partition coefficient (Wildman–Crippen LogP) is 3.42. The van der Waals surface area contributed by atoms with Crippen molar-refractivity contribution in [1.82, 2.24) is 0 Å². The van der Waals surface area contributed by atoms with Crippen LogP contribution in [0, 0.1) is 0 Å². The van der Waals surface area contributed by atoms with Crippen LogP contribution in [0.15, 0.2) is 60.7 Å². The van der Waals surface area contributed by atoms with Crippen LogP contribution in [0.1, 0.15) is 33.6 Å². The van der Waals surface area contributed by atoms with Gasteiger partial charge in [0.2, 0.25) is 11.8 Å². The Morgan fingerprint density at radius 1 is 0.933 bits per heavy atom. The van der Waals surface area contributed by atoms with Gasteiger partial charge in [0.15, 0.2) is 0 Å². The third-order valence-corrected chi connectivity index (χ3v) is 5.80. The first-order chi connectivity index (χ1) is 14.4. The number of nitrogens with one attached hydrogen (secondary N) is 1. The molecule has 8 heteroatoms. The average Bonchev–Trinajstić information content (AvgIpc) is 3.32. The maximum absolute atomic E-state index is 12.8. The highest BCUT2D eigenvalue weighted by Gasteiger charge is 2.30. The number of primary amides is 1. The summed E-state index contributed by atoms with van der Waals surface area (Å²) in [5, 5.41) is 3.07. The summed E-state index contributed by atoms with van der Waals surface area (Å²) in [6, 6.07) is 17.3. The van der Waals surface area contributed by atoms with Gasteiger partial charge in [0.1, 0.15) is 5.00 Å². The van der Waals surface area contributed by atoms with Crippen LogP contribution < -0.4 is 16.0 Å². The van der Waals surface area contributed by atoms with Crippen LogP contribution in [0.5, 0.6) is 0 Å². The molecule has 3 N–H and O–H groups in total. The molecule has 0 saturated carbocycles. The Kier molecular flexibility index (Phi) is 5.16. The largest absolute Gasteiger partial charge is 0.366 e. The van der Waals surface area contributed by atoms with Gasteiger partial charge in [-0.25, -0.2) is 0 Å². The molecule has 2 aromatic carbocycles. The van der Waals surface area contributed by atoms with Crippen LogP contribution in [0.25, 0.3) is 10.4 Å². The predicted molar refractivity (Wildman–Crippen MR) is 114 cm³/mol. The molecule has 0 atom stereocenters.